The Morgan fingerprint density at radius 2 is 1.67 bits per heavy atom. The number of rotatable bonds is 8. The third kappa shape index (κ3) is 5.04. The zero-order chi connectivity index (χ0) is 25.7. The Balaban J connectivity index is 1.76. The van der Waals surface area contributed by atoms with Crippen molar-refractivity contribution in [3.63, 3.8) is 0 Å². The molecule has 0 unspecified atom stereocenters. The minimum absolute atomic E-state index is 0.0115. The van der Waals surface area contributed by atoms with Crippen molar-refractivity contribution in [3.05, 3.63) is 117 Å². The third-order valence-electron chi connectivity index (χ3n) is 6.36. The average Bonchev–Trinajstić information content (AvgIpc) is 2.91. The lowest BCUT2D eigenvalue weighted by Gasteiger charge is -2.17. The van der Waals surface area contributed by atoms with Gasteiger partial charge in [-0.1, -0.05) is 62.7 Å². The van der Waals surface area contributed by atoms with Crippen LogP contribution in [0.15, 0.2) is 77.6 Å². The fourth-order valence-electron chi connectivity index (χ4n) is 4.46. The second-order valence-electron chi connectivity index (χ2n) is 8.83. The van der Waals surface area contributed by atoms with Gasteiger partial charge in [-0.2, -0.15) is 5.26 Å². The molecule has 5 nitrogen and oxygen atoms in total. The Labute approximate surface area is 211 Å². The van der Waals surface area contributed by atoms with Crippen LogP contribution in [0.3, 0.4) is 0 Å². The van der Waals surface area contributed by atoms with Crippen LogP contribution in [-0.4, -0.2) is 15.3 Å². The SMILES string of the molecule is CCCc1nc(CC)n(-c2ccc(C(C)=O)cc2)c(=O)c1Cc1ccc(-c2ccccc2C#N)cc1. The topological polar surface area (TPSA) is 75.8 Å². The van der Waals surface area contributed by atoms with Crippen molar-refractivity contribution in [1.82, 2.24) is 9.55 Å². The summed E-state index contributed by atoms with van der Waals surface area (Å²) in [4.78, 5) is 30.5. The fraction of sp³-hybridized carbons (Fsp3) is 0.226. The molecule has 0 saturated carbocycles. The summed E-state index contributed by atoms with van der Waals surface area (Å²) in [5, 5.41) is 9.43. The van der Waals surface area contributed by atoms with Gasteiger partial charge in [0.1, 0.15) is 5.82 Å². The molecule has 0 aliphatic rings. The molecule has 180 valence electrons. The van der Waals surface area contributed by atoms with E-state index >= 15 is 0 Å². The lowest BCUT2D eigenvalue weighted by Crippen LogP contribution is -2.29. The van der Waals surface area contributed by atoms with Crippen LogP contribution in [0, 0.1) is 11.3 Å². The fourth-order valence-corrected chi connectivity index (χ4v) is 4.46. The number of hydrogen-bond acceptors (Lipinski definition) is 4. The van der Waals surface area contributed by atoms with Crippen LogP contribution in [0.2, 0.25) is 0 Å². The summed E-state index contributed by atoms with van der Waals surface area (Å²) < 4.78 is 1.68. The smallest absolute Gasteiger partial charge is 0.261 e. The maximum absolute atomic E-state index is 13.9. The number of carbonyl (C=O) groups is 1. The molecule has 0 spiro atoms. The van der Waals surface area contributed by atoms with Crippen LogP contribution >= 0.6 is 0 Å². The van der Waals surface area contributed by atoms with Crippen LogP contribution in [0.5, 0.6) is 0 Å². The predicted octanol–water partition coefficient (Wildman–Crippen LogP) is 6.08. The minimum atomic E-state index is -0.0697. The number of carbonyl (C=O) groups excluding carboxylic acids is 1. The highest BCUT2D eigenvalue weighted by atomic mass is 16.1. The van der Waals surface area contributed by atoms with Crippen molar-refractivity contribution in [1.29, 1.82) is 5.26 Å². The van der Waals surface area contributed by atoms with Crippen LogP contribution in [0.4, 0.5) is 0 Å². The Kier molecular flexibility index (Phi) is 7.56. The summed E-state index contributed by atoms with van der Waals surface area (Å²) in [7, 11) is 0. The van der Waals surface area contributed by atoms with E-state index in [1.54, 1.807) is 16.7 Å². The lowest BCUT2D eigenvalue weighted by atomic mass is 9.97. The summed E-state index contributed by atoms with van der Waals surface area (Å²) in [6, 6.07) is 24.9. The standard InChI is InChI=1S/C31H29N3O2/c1-4-8-29-28(19-22-11-13-24(14-12-22)27-10-7-6-9-25(27)20-32)31(36)34(30(5-2)33-29)26-17-15-23(16-18-26)21(3)35/h6-7,9-18H,4-5,8,19H2,1-3H3. The molecule has 0 amide bonds. The monoisotopic (exact) mass is 475 g/mol. The molecule has 0 fully saturated rings. The summed E-state index contributed by atoms with van der Waals surface area (Å²) in [5.74, 6) is 0.703. The van der Waals surface area contributed by atoms with E-state index in [4.69, 9.17) is 4.98 Å². The van der Waals surface area contributed by atoms with Crippen LogP contribution in [0.1, 0.15) is 65.8 Å². The highest BCUT2D eigenvalue weighted by molar-refractivity contribution is 5.94. The molecule has 1 aromatic heterocycles. The largest absolute Gasteiger partial charge is 0.295 e. The highest BCUT2D eigenvalue weighted by Gasteiger charge is 2.17. The first-order valence-corrected chi connectivity index (χ1v) is 12.3. The van der Waals surface area contributed by atoms with Crippen molar-refractivity contribution in [2.45, 2.75) is 46.5 Å². The Morgan fingerprint density at radius 1 is 0.972 bits per heavy atom. The lowest BCUT2D eigenvalue weighted by molar-refractivity contribution is 0.101. The Morgan fingerprint density at radius 3 is 2.28 bits per heavy atom. The number of benzene rings is 3. The van der Waals surface area contributed by atoms with E-state index < -0.39 is 0 Å². The number of nitrogens with zero attached hydrogens (tertiary/aromatic N) is 3. The maximum Gasteiger partial charge on any atom is 0.261 e. The molecule has 0 saturated heterocycles. The average molecular weight is 476 g/mol. The van der Waals surface area contributed by atoms with E-state index in [2.05, 4.69) is 13.0 Å². The van der Waals surface area contributed by atoms with Crippen molar-refractivity contribution in [2.24, 2.45) is 0 Å². The molecule has 0 aliphatic heterocycles. The van der Waals surface area contributed by atoms with Gasteiger partial charge < -0.3 is 0 Å². The first-order chi connectivity index (χ1) is 17.5. The number of Topliss-reactive ketones (excluding diaryl/α,β-unsaturated/α-hetero) is 1. The quantitative estimate of drug-likeness (QED) is 0.289. The minimum Gasteiger partial charge on any atom is -0.295 e. The van der Waals surface area contributed by atoms with Gasteiger partial charge in [0.15, 0.2) is 5.78 Å². The number of aromatic nitrogens is 2. The summed E-state index contributed by atoms with van der Waals surface area (Å²) >= 11 is 0. The molecule has 4 aromatic rings. The zero-order valence-electron chi connectivity index (χ0n) is 20.9. The van der Waals surface area contributed by atoms with Gasteiger partial charge in [-0.3, -0.25) is 14.2 Å². The molecule has 4 rings (SSSR count). The first kappa shape index (κ1) is 24.8. The molecule has 0 aliphatic carbocycles. The molecule has 0 bridgehead atoms. The number of nitriles is 1. The number of aryl methyl sites for hydroxylation is 2. The molecule has 36 heavy (non-hydrogen) atoms. The molecular formula is C31H29N3O2. The van der Waals surface area contributed by atoms with Gasteiger partial charge in [0, 0.05) is 24.0 Å². The molecule has 5 heteroatoms. The van der Waals surface area contributed by atoms with Gasteiger partial charge >= 0.3 is 0 Å². The van der Waals surface area contributed by atoms with E-state index in [0.29, 0.717) is 41.0 Å². The second kappa shape index (κ2) is 11.0. The van der Waals surface area contributed by atoms with Gasteiger partial charge in [0.2, 0.25) is 0 Å². The number of ketones is 1. The first-order valence-electron chi connectivity index (χ1n) is 12.3. The Hall–Kier alpha value is -4.30. The van der Waals surface area contributed by atoms with Crippen LogP contribution in [0.25, 0.3) is 16.8 Å². The van der Waals surface area contributed by atoms with Crippen molar-refractivity contribution >= 4 is 5.78 Å². The third-order valence-corrected chi connectivity index (χ3v) is 6.36. The van der Waals surface area contributed by atoms with Crippen LogP contribution in [-0.2, 0) is 19.3 Å². The maximum atomic E-state index is 13.9. The highest BCUT2D eigenvalue weighted by Crippen LogP contribution is 2.24. The molecule has 0 atom stereocenters. The van der Waals surface area contributed by atoms with E-state index in [1.807, 2.05) is 67.6 Å². The normalized spacial score (nSPS) is 10.7. The summed E-state index contributed by atoms with van der Waals surface area (Å²) in [5.41, 5.74) is 6.28. The van der Waals surface area contributed by atoms with E-state index in [-0.39, 0.29) is 11.3 Å². The molecule has 0 radical (unpaired) electrons. The van der Waals surface area contributed by atoms with Gasteiger partial charge in [0.05, 0.1) is 23.0 Å². The van der Waals surface area contributed by atoms with E-state index in [0.717, 1.165) is 35.2 Å². The number of hydrogen-bond donors (Lipinski definition) is 0. The summed E-state index contributed by atoms with van der Waals surface area (Å²) in [6.07, 6.45) is 2.71. The van der Waals surface area contributed by atoms with E-state index in [9.17, 15) is 14.9 Å². The Bertz CT molecular complexity index is 1490. The predicted molar refractivity (Wildman–Crippen MR) is 143 cm³/mol. The molecule has 3 aromatic carbocycles. The van der Waals surface area contributed by atoms with Gasteiger partial charge in [-0.25, -0.2) is 4.98 Å². The van der Waals surface area contributed by atoms with Crippen molar-refractivity contribution in [3.8, 4) is 22.9 Å². The zero-order valence-corrected chi connectivity index (χ0v) is 20.9. The molecule has 1 heterocycles. The van der Waals surface area contributed by atoms with Crippen LogP contribution < -0.4 is 5.56 Å². The summed E-state index contributed by atoms with van der Waals surface area (Å²) in [6.45, 7) is 5.61. The van der Waals surface area contributed by atoms with E-state index in [1.165, 1.54) is 6.92 Å². The van der Waals surface area contributed by atoms with Gasteiger partial charge in [-0.05, 0) is 60.4 Å². The second-order valence-corrected chi connectivity index (χ2v) is 8.83. The van der Waals surface area contributed by atoms with Crippen molar-refractivity contribution < 1.29 is 4.79 Å². The molecule has 0 N–H and O–H groups in total. The van der Waals surface area contributed by atoms with Crippen molar-refractivity contribution in [2.75, 3.05) is 0 Å². The van der Waals surface area contributed by atoms with Gasteiger partial charge in [-0.15, -0.1) is 0 Å². The van der Waals surface area contributed by atoms with Gasteiger partial charge in [0.25, 0.3) is 5.56 Å². The molecular weight excluding hydrogens is 446 g/mol.